The largest absolute Gasteiger partial charge is 0.392 e. The predicted molar refractivity (Wildman–Crippen MR) is 83.7 cm³/mol. The van der Waals surface area contributed by atoms with Gasteiger partial charge in [0.15, 0.2) is 0 Å². The summed E-state index contributed by atoms with van der Waals surface area (Å²) in [6, 6.07) is 7.68. The highest BCUT2D eigenvalue weighted by atomic mass is 16.3. The first-order valence-electron chi connectivity index (χ1n) is 7.82. The second kappa shape index (κ2) is 7.57. The van der Waals surface area contributed by atoms with E-state index in [0.717, 1.165) is 24.0 Å². The molecule has 0 aliphatic heterocycles. The third-order valence-corrected chi connectivity index (χ3v) is 4.50. The molecule has 1 aromatic rings. The summed E-state index contributed by atoms with van der Waals surface area (Å²) < 4.78 is 0. The van der Waals surface area contributed by atoms with Crippen LogP contribution in [0.3, 0.4) is 0 Å². The quantitative estimate of drug-likeness (QED) is 0.752. The summed E-state index contributed by atoms with van der Waals surface area (Å²) in [5.41, 5.74) is 1.88. The second-order valence-corrected chi connectivity index (χ2v) is 6.02. The Balaban J connectivity index is 1.86. The van der Waals surface area contributed by atoms with Gasteiger partial charge in [-0.25, -0.2) is 0 Å². The molecule has 1 saturated carbocycles. The highest BCUT2D eigenvalue weighted by Gasteiger charge is 2.32. The summed E-state index contributed by atoms with van der Waals surface area (Å²) >= 11 is 0. The van der Waals surface area contributed by atoms with Gasteiger partial charge >= 0.3 is 0 Å². The molecule has 1 aromatic carbocycles. The summed E-state index contributed by atoms with van der Waals surface area (Å²) in [5, 5.41) is 15.5. The number of carbonyl (C=O) groups excluding carboxylic acids is 1. The van der Waals surface area contributed by atoms with Crippen molar-refractivity contribution in [3.63, 3.8) is 0 Å². The van der Waals surface area contributed by atoms with Crippen molar-refractivity contribution in [1.29, 1.82) is 0 Å². The van der Waals surface area contributed by atoms with Gasteiger partial charge in [0.1, 0.15) is 0 Å². The Bertz CT molecular complexity index is 468. The van der Waals surface area contributed by atoms with Crippen molar-refractivity contribution < 1.29 is 9.90 Å². The van der Waals surface area contributed by atoms with Crippen LogP contribution in [0.4, 0.5) is 0 Å². The van der Waals surface area contributed by atoms with Crippen LogP contribution in [0.1, 0.15) is 49.7 Å². The van der Waals surface area contributed by atoms with E-state index in [1.165, 1.54) is 19.3 Å². The van der Waals surface area contributed by atoms with Crippen molar-refractivity contribution in [2.75, 3.05) is 7.05 Å². The number of rotatable bonds is 6. The molecule has 1 aliphatic rings. The van der Waals surface area contributed by atoms with Crippen LogP contribution in [0, 0.1) is 0 Å². The van der Waals surface area contributed by atoms with E-state index in [-0.39, 0.29) is 18.1 Å². The highest BCUT2D eigenvalue weighted by molar-refractivity contribution is 5.77. The minimum atomic E-state index is -0.0186. The summed E-state index contributed by atoms with van der Waals surface area (Å²) in [5.74, 6) is 0.0978. The second-order valence-electron chi connectivity index (χ2n) is 6.02. The SMILES string of the molecule is CNC1(CC(=O)NCc2cccc(CO)c2)CCCCC1. The Morgan fingerprint density at radius 1 is 1.24 bits per heavy atom. The topological polar surface area (TPSA) is 61.4 Å². The first-order valence-corrected chi connectivity index (χ1v) is 7.82. The molecule has 4 nitrogen and oxygen atoms in total. The van der Waals surface area contributed by atoms with Gasteiger partial charge in [0.25, 0.3) is 0 Å². The molecule has 0 heterocycles. The number of aliphatic hydroxyl groups is 1. The van der Waals surface area contributed by atoms with Gasteiger partial charge in [-0.1, -0.05) is 43.5 Å². The van der Waals surface area contributed by atoms with Crippen molar-refractivity contribution >= 4 is 5.91 Å². The maximum atomic E-state index is 12.2. The number of hydrogen-bond acceptors (Lipinski definition) is 3. The monoisotopic (exact) mass is 290 g/mol. The standard InChI is InChI=1S/C17H26N2O2/c1-18-17(8-3-2-4-9-17)11-16(21)19-12-14-6-5-7-15(10-14)13-20/h5-7,10,18,20H,2-4,8-9,11-13H2,1H3,(H,19,21). The number of nitrogens with one attached hydrogen (secondary N) is 2. The summed E-state index contributed by atoms with van der Waals surface area (Å²) in [6.45, 7) is 0.553. The fourth-order valence-electron chi connectivity index (χ4n) is 3.15. The molecule has 0 spiro atoms. The van der Waals surface area contributed by atoms with E-state index in [2.05, 4.69) is 10.6 Å². The molecule has 0 atom stereocenters. The van der Waals surface area contributed by atoms with Crippen LogP contribution in [0.15, 0.2) is 24.3 Å². The van der Waals surface area contributed by atoms with E-state index in [9.17, 15) is 4.79 Å². The first kappa shape index (κ1) is 16.0. The maximum Gasteiger partial charge on any atom is 0.222 e. The first-order chi connectivity index (χ1) is 10.2. The summed E-state index contributed by atoms with van der Waals surface area (Å²) in [4.78, 5) is 12.2. The van der Waals surface area contributed by atoms with Gasteiger partial charge in [0.05, 0.1) is 6.61 Å². The molecule has 0 radical (unpaired) electrons. The van der Waals surface area contributed by atoms with Gasteiger partial charge < -0.3 is 15.7 Å². The summed E-state index contributed by atoms with van der Waals surface area (Å²) in [6.07, 6.45) is 6.38. The Morgan fingerprint density at radius 2 is 1.95 bits per heavy atom. The highest BCUT2D eigenvalue weighted by Crippen LogP contribution is 2.30. The van der Waals surface area contributed by atoms with E-state index in [4.69, 9.17) is 5.11 Å². The molecule has 0 unspecified atom stereocenters. The molecule has 4 heteroatoms. The van der Waals surface area contributed by atoms with E-state index in [1.54, 1.807) is 0 Å². The molecule has 1 aliphatic carbocycles. The molecule has 0 saturated heterocycles. The zero-order chi connectivity index (χ0) is 15.1. The minimum absolute atomic E-state index is 0.0186. The Morgan fingerprint density at radius 3 is 2.62 bits per heavy atom. The number of benzene rings is 1. The molecular weight excluding hydrogens is 264 g/mol. The van der Waals surface area contributed by atoms with Gasteiger partial charge in [-0.3, -0.25) is 4.79 Å². The van der Waals surface area contributed by atoms with Gasteiger partial charge in [-0.05, 0) is 31.0 Å². The van der Waals surface area contributed by atoms with E-state index in [1.807, 2.05) is 31.3 Å². The Labute approximate surface area is 126 Å². The van der Waals surface area contributed by atoms with Crippen molar-refractivity contribution in [2.45, 2.75) is 57.2 Å². The van der Waals surface area contributed by atoms with E-state index in [0.29, 0.717) is 13.0 Å². The molecular formula is C17H26N2O2. The zero-order valence-electron chi connectivity index (χ0n) is 12.8. The van der Waals surface area contributed by atoms with Crippen LogP contribution < -0.4 is 10.6 Å². The molecule has 116 valence electrons. The van der Waals surface area contributed by atoms with Gasteiger partial charge in [-0.15, -0.1) is 0 Å². The van der Waals surface area contributed by atoms with Crippen molar-refractivity contribution in [1.82, 2.24) is 10.6 Å². The molecule has 0 bridgehead atoms. The normalized spacial score (nSPS) is 17.4. The van der Waals surface area contributed by atoms with Crippen molar-refractivity contribution in [3.8, 4) is 0 Å². The fraction of sp³-hybridized carbons (Fsp3) is 0.588. The minimum Gasteiger partial charge on any atom is -0.392 e. The fourth-order valence-corrected chi connectivity index (χ4v) is 3.15. The lowest BCUT2D eigenvalue weighted by Gasteiger charge is -2.36. The third kappa shape index (κ3) is 4.55. The average Bonchev–Trinajstić information content (AvgIpc) is 2.54. The molecule has 21 heavy (non-hydrogen) atoms. The number of aliphatic hydroxyl groups excluding tert-OH is 1. The lowest BCUT2D eigenvalue weighted by Crippen LogP contribution is -2.48. The number of hydrogen-bond donors (Lipinski definition) is 3. The van der Waals surface area contributed by atoms with E-state index >= 15 is 0 Å². The van der Waals surface area contributed by atoms with Crippen LogP contribution >= 0.6 is 0 Å². The van der Waals surface area contributed by atoms with Crippen LogP contribution in [0.2, 0.25) is 0 Å². The van der Waals surface area contributed by atoms with E-state index < -0.39 is 0 Å². The van der Waals surface area contributed by atoms with Crippen LogP contribution in [-0.4, -0.2) is 23.6 Å². The molecule has 1 amide bonds. The lowest BCUT2D eigenvalue weighted by molar-refractivity contribution is -0.123. The van der Waals surface area contributed by atoms with Crippen LogP contribution in [-0.2, 0) is 17.9 Å². The third-order valence-electron chi connectivity index (χ3n) is 4.50. The zero-order valence-corrected chi connectivity index (χ0v) is 12.8. The summed E-state index contributed by atoms with van der Waals surface area (Å²) in [7, 11) is 1.96. The van der Waals surface area contributed by atoms with Gasteiger partial charge in [-0.2, -0.15) is 0 Å². The Kier molecular flexibility index (Phi) is 5.76. The van der Waals surface area contributed by atoms with Crippen LogP contribution in [0.25, 0.3) is 0 Å². The van der Waals surface area contributed by atoms with Gasteiger partial charge in [0.2, 0.25) is 5.91 Å². The Hall–Kier alpha value is -1.39. The maximum absolute atomic E-state index is 12.2. The van der Waals surface area contributed by atoms with Crippen molar-refractivity contribution in [3.05, 3.63) is 35.4 Å². The molecule has 1 fully saturated rings. The van der Waals surface area contributed by atoms with Gasteiger partial charge in [0, 0.05) is 18.5 Å². The smallest absolute Gasteiger partial charge is 0.222 e. The lowest BCUT2D eigenvalue weighted by atomic mass is 9.79. The predicted octanol–water partition coefficient (Wildman–Crippen LogP) is 2.11. The molecule has 2 rings (SSSR count). The number of carbonyl (C=O) groups is 1. The number of amides is 1. The molecule has 0 aromatic heterocycles. The van der Waals surface area contributed by atoms with Crippen molar-refractivity contribution in [2.24, 2.45) is 0 Å². The molecule has 3 N–H and O–H groups in total. The van der Waals surface area contributed by atoms with Crippen LogP contribution in [0.5, 0.6) is 0 Å². The average molecular weight is 290 g/mol.